The second-order valence-electron chi connectivity index (χ2n) is 8.00. The molecule has 4 aliphatic rings. The van der Waals surface area contributed by atoms with Crippen molar-refractivity contribution in [3.05, 3.63) is 11.6 Å². The van der Waals surface area contributed by atoms with Gasteiger partial charge in [0.15, 0.2) is 0 Å². The summed E-state index contributed by atoms with van der Waals surface area (Å²) in [5.41, 5.74) is 0.353. The Bertz CT molecular complexity index is 1000. The highest BCUT2D eigenvalue weighted by Crippen LogP contribution is 2.63. The standard InChI is InChI=1S/C20H16N4O4/c25-8-21-16-4-15(17(22-9-26)19(24-11-28)18(16)23-10-27)20-5-12-1-13(6-20)3-14(2-12)7-20/h4,12-14H,1-3,5-7H2. The van der Waals surface area contributed by atoms with Gasteiger partial charge in [-0.15, -0.1) is 0 Å². The third-order valence-electron chi connectivity index (χ3n) is 6.48. The zero-order chi connectivity index (χ0) is 19.7. The average molecular weight is 376 g/mol. The second kappa shape index (κ2) is 7.05. The van der Waals surface area contributed by atoms with Gasteiger partial charge in [0.05, 0.1) is 0 Å². The van der Waals surface area contributed by atoms with Crippen molar-refractivity contribution in [2.45, 2.75) is 43.9 Å². The van der Waals surface area contributed by atoms with E-state index in [0.717, 1.165) is 19.3 Å². The van der Waals surface area contributed by atoms with Gasteiger partial charge < -0.3 is 0 Å². The fraction of sp³-hybridized carbons (Fsp3) is 0.500. The molecule has 4 saturated carbocycles. The number of aliphatic imine (C=N–C) groups is 4. The van der Waals surface area contributed by atoms with Gasteiger partial charge in [-0.05, 0) is 73.3 Å². The van der Waals surface area contributed by atoms with Crippen LogP contribution in [-0.2, 0) is 24.6 Å². The summed E-state index contributed by atoms with van der Waals surface area (Å²) in [6, 6.07) is 1.62. The highest BCUT2D eigenvalue weighted by atomic mass is 16.1. The Morgan fingerprint density at radius 3 is 1.64 bits per heavy atom. The fourth-order valence-corrected chi connectivity index (χ4v) is 6.08. The monoisotopic (exact) mass is 376 g/mol. The summed E-state index contributed by atoms with van der Waals surface area (Å²) in [7, 11) is 0. The summed E-state index contributed by atoms with van der Waals surface area (Å²) in [4.78, 5) is 58.7. The molecule has 0 atom stereocenters. The Balaban J connectivity index is 2.04. The van der Waals surface area contributed by atoms with Crippen molar-refractivity contribution < 1.29 is 19.2 Å². The first-order valence-electron chi connectivity index (χ1n) is 9.17. The molecule has 0 spiro atoms. The predicted molar refractivity (Wildman–Crippen MR) is 97.4 cm³/mol. The largest absolute Gasteiger partial charge is 0.240 e. The molecular weight excluding hydrogens is 360 g/mol. The van der Waals surface area contributed by atoms with Crippen LogP contribution in [0.3, 0.4) is 0 Å². The Kier molecular flexibility index (Phi) is 4.56. The molecule has 0 amide bonds. The maximum absolute atomic E-state index is 11.2. The minimum absolute atomic E-state index is 0.0444. The van der Waals surface area contributed by atoms with Crippen molar-refractivity contribution >= 4 is 47.1 Å². The van der Waals surface area contributed by atoms with Crippen LogP contribution in [0.25, 0.3) is 0 Å². The fourth-order valence-electron chi connectivity index (χ4n) is 6.08. The summed E-state index contributed by atoms with van der Waals surface area (Å²) >= 11 is 0. The number of hydrogen-bond donors (Lipinski definition) is 0. The topological polar surface area (TPSA) is 118 Å². The van der Waals surface area contributed by atoms with E-state index in [9.17, 15) is 19.2 Å². The van der Waals surface area contributed by atoms with Crippen LogP contribution in [0.4, 0.5) is 22.7 Å². The number of carbonyl (C=O) groups excluding carboxylic acids is 4. The number of rotatable bonds is 5. The van der Waals surface area contributed by atoms with Gasteiger partial charge in [0, 0.05) is 0 Å². The highest BCUT2D eigenvalue weighted by Gasteiger charge is 2.52. The van der Waals surface area contributed by atoms with Gasteiger partial charge in [-0.1, -0.05) is 0 Å². The van der Waals surface area contributed by atoms with Crippen molar-refractivity contribution in [3.8, 4) is 0 Å². The Labute approximate surface area is 160 Å². The summed E-state index contributed by atoms with van der Waals surface area (Å²) in [6.45, 7) is 0. The van der Waals surface area contributed by atoms with Crippen LogP contribution < -0.4 is 0 Å². The van der Waals surface area contributed by atoms with Gasteiger partial charge in [0.2, 0.25) is 24.3 Å². The Hall–Kier alpha value is -3.26. The number of isocyanates is 4. The van der Waals surface area contributed by atoms with Gasteiger partial charge in [0.1, 0.15) is 22.7 Å². The molecule has 0 radical (unpaired) electrons. The molecule has 0 aliphatic heterocycles. The highest BCUT2D eigenvalue weighted by molar-refractivity contribution is 5.91. The van der Waals surface area contributed by atoms with Crippen LogP contribution in [0.5, 0.6) is 0 Å². The molecule has 1 aromatic rings. The molecular formula is C20H16N4O4. The lowest BCUT2D eigenvalue weighted by molar-refractivity contribution is -0.00486. The summed E-state index contributed by atoms with van der Waals surface area (Å²) in [5, 5.41) is 0. The molecule has 8 nitrogen and oxygen atoms in total. The van der Waals surface area contributed by atoms with E-state index in [0.29, 0.717) is 23.3 Å². The van der Waals surface area contributed by atoms with Crippen LogP contribution in [0.1, 0.15) is 44.1 Å². The van der Waals surface area contributed by atoms with Crippen LogP contribution in [0.2, 0.25) is 0 Å². The summed E-state index contributed by atoms with van der Waals surface area (Å²) in [5.74, 6) is 1.80. The SMILES string of the molecule is O=C=Nc1cc(C23CC4CC(CC(C4)C2)C3)c(N=C=O)c(N=C=O)c1N=C=O. The molecule has 28 heavy (non-hydrogen) atoms. The van der Waals surface area contributed by atoms with E-state index in [1.165, 1.54) is 43.6 Å². The van der Waals surface area contributed by atoms with E-state index in [-0.39, 0.29) is 28.2 Å². The van der Waals surface area contributed by atoms with Crippen molar-refractivity contribution in [2.75, 3.05) is 0 Å². The number of nitrogens with zero attached hydrogens (tertiary/aromatic N) is 4. The average Bonchev–Trinajstić information content (AvgIpc) is 2.65. The molecule has 4 aliphatic carbocycles. The van der Waals surface area contributed by atoms with Crippen LogP contribution in [0, 0.1) is 17.8 Å². The molecule has 0 saturated heterocycles. The molecule has 0 unspecified atom stereocenters. The number of hydrogen-bond acceptors (Lipinski definition) is 8. The zero-order valence-corrected chi connectivity index (χ0v) is 15.0. The number of benzene rings is 1. The lowest BCUT2D eigenvalue weighted by Crippen LogP contribution is -2.48. The van der Waals surface area contributed by atoms with E-state index in [1.54, 1.807) is 6.07 Å². The van der Waals surface area contributed by atoms with Crippen LogP contribution in [-0.4, -0.2) is 24.3 Å². The zero-order valence-electron chi connectivity index (χ0n) is 15.0. The molecule has 1 aromatic carbocycles. The molecule has 140 valence electrons. The molecule has 8 heteroatoms. The smallest absolute Gasteiger partial charge is 0.211 e. The van der Waals surface area contributed by atoms with Crippen molar-refractivity contribution in [1.82, 2.24) is 0 Å². The van der Waals surface area contributed by atoms with Crippen LogP contribution in [0.15, 0.2) is 26.0 Å². The Morgan fingerprint density at radius 1 is 0.679 bits per heavy atom. The first-order valence-corrected chi connectivity index (χ1v) is 9.17. The van der Waals surface area contributed by atoms with E-state index in [2.05, 4.69) is 20.0 Å². The molecule has 5 rings (SSSR count). The first kappa shape index (κ1) is 18.1. The van der Waals surface area contributed by atoms with E-state index >= 15 is 0 Å². The van der Waals surface area contributed by atoms with Gasteiger partial charge in [0.25, 0.3) is 0 Å². The maximum atomic E-state index is 11.2. The van der Waals surface area contributed by atoms with Crippen LogP contribution >= 0.6 is 0 Å². The quantitative estimate of drug-likeness (QED) is 0.569. The third-order valence-corrected chi connectivity index (χ3v) is 6.48. The minimum Gasteiger partial charge on any atom is -0.211 e. The van der Waals surface area contributed by atoms with Gasteiger partial charge in [-0.3, -0.25) is 0 Å². The lowest BCUT2D eigenvalue weighted by atomic mass is 9.48. The maximum Gasteiger partial charge on any atom is 0.240 e. The summed E-state index contributed by atoms with van der Waals surface area (Å²) in [6.07, 6.45) is 12.1. The van der Waals surface area contributed by atoms with E-state index < -0.39 is 0 Å². The van der Waals surface area contributed by atoms with Crippen molar-refractivity contribution in [2.24, 2.45) is 37.7 Å². The molecule has 4 bridgehead atoms. The van der Waals surface area contributed by atoms with Gasteiger partial charge in [-0.25, -0.2) is 19.2 Å². The normalized spacial score (nSPS) is 29.1. The molecule has 0 heterocycles. The van der Waals surface area contributed by atoms with Crippen molar-refractivity contribution in [3.63, 3.8) is 0 Å². The third kappa shape index (κ3) is 2.82. The minimum atomic E-state index is -0.242. The van der Waals surface area contributed by atoms with Gasteiger partial charge >= 0.3 is 0 Å². The van der Waals surface area contributed by atoms with Crippen molar-refractivity contribution in [1.29, 1.82) is 0 Å². The first-order chi connectivity index (χ1) is 13.6. The molecule has 0 aromatic heterocycles. The van der Waals surface area contributed by atoms with E-state index in [4.69, 9.17) is 0 Å². The summed E-state index contributed by atoms with van der Waals surface area (Å²) < 4.78 is 0. The lowest BCUT2D eigenvalue weighted by Gasteiger charge is -2.57. The molecule has 0 N–H and O–H groups in total. The second-order valence-corrected chi connectivity index (χ2v) is 8.00. The van der Waals surface area contributed by atoms with Gasteiger partial charge in [-0.2, -0.15) is 20.0 Å². The Morgan fingerprint density at radius 2 is 1.14 bits per heavy atom. The predicted octanol–water partition coefficient (Wildman–Crippen LogP) is 4.02. The van der Waals surface area contributed by atoms with E-state index in [1.807, 2.05) is 0 Å². The molecule has 4 fully saturated rings.